The quantitative estimate of drug-likeness (QED) is 0.564. The van der Waals surface area contributed by atoms with Crippen molar-refractivity contribution in [2.24, 2.45) is 0 Å². The van der Waals surface area contributed by atoms with Crippen molar-refractivity contribution in [1.29, 1.82) is 0 Å². The molecule has 178 valence electrons. The average Bonchev–Trinajstić information content (AvgIpc) is 3.18. The maximum absolute atomic E-state index is 14.6. The van der Waals surface area contributed by atoms with Gasteiger partial charge in [0.15, 0.2) is 0 Å². The predicted octanol–water partition coefficient (Wildman–Crippen LogP) is 5.42. The number of rotatable bonds is 4. The van der Waals surface area contributed by atoms with E-state index in [9.17, 15) is 14.0 Å². The zero-order valence-corrected chi connectivity index (χ0v) is 19.7. The summed E-state index contributed by atoms with van der Waals surface area (Å²) >= 11 is 0. The number of fused-ring (bicyclic) bond motifs is 3. The van der Waals surface area contributed by atoms with Gasteiger partial charge in [-0.25, -0.2) is 4.39 Å². The summed E-state index contributed by atoms with van der Waals surface area (Å²) in [4.78, 5) is 29.3. The molecule has 6 heteroatoms. The lowest BCUT2D eigenvalue weighted by Crippen LogP contribution is -2.64. The topological polar surface area (TPSA) is 54.3 Å². The Morgan fingerprint density at radius 1 is 1.03 bits per heavy atom. The zero-order valence-electron chi connectivity index (χ0n) is 19.7. The second-order valence-electron chi connectivity index (χ2n) is 9.95. The van der Waals surface area contributed by atoms with Crippen LogP contribution in [0.15, 0.2) is 54.6 Å². The van der Waals surface area contributed by atoms with Gasteiger partial charge in [0.1, 0.15) is 17.1 Å². The fourth-order valence-electron chi connectivity index (χ4n) is 5.49. The monoisotopic (exact) mass is 461 g/mol. The van der Waals surface area contributed by atoms with E-state index in [4.69, 9.17) is 0 Å². The number of hydrogen-bond acceptors (Lipinski definition) is 2. The number of nitrogens with one attached hydrogen (secondary N) is 1. The van der Waals surface area contributed by atoms with Gasteiger partial charge < -0.3 is 14.8 Å². The predicted molar refractivity (Wildman–Crippen MR) is 131 cm³/mol. The van der Waals surface area contributed by atoms with E-state index in [1.807, 2.05) is 41.8 Å². The van der Waals surface area contributed by atoms with Crippen molar-refractivity contribution >= 4 is 22.7 Å². The Labute approximate surface area is 199 Å². The minimum absolute atomic E-state index is 0.0433. The summed E-state index contributed by atoms with van der Waals surface area (Å²) in [5.41, 5.74) is 0.733. The molecule has 0 radical (unpaired) electrons. The molecule has 0 spiro atoms. The van der Waals surface area contributed by atoms with E-state index >= 15 is 0 Å². The van der Waals surface area contributed by atoms with Gasteiger partial charge in [0.25, 0.3) is 5.91 Å². The summed E-state index contributed by atoms with van der Waals surface area (Å²) in [7, 11) is 0. The summed E-state index contributed by atoms with van der Waals surface area (Å²) in [6, 6.07) is 16.3. The first-order chi connectivity index (χ1) is 16.5. The van der Waals surface area contributed by atoms with E-state index in [1.54, 1.807) is 23.1 Å². The highest BCUT2D eigenvalue weighted by molar-refractivity contribution is 6.03. The number of carbonyl (C=O) groups excluding carboxylic acids is 2. The molecule has 2 aliphatic rings. The van der Waals surface area contributed by atoms with Crippen molar-refractivity contribution in [3.05, 3.63) is 71.7 Å². The highest BCUT2D eigenvalue weighted by atomic mass is 19.1. The number of amides is 2. The van der Waals surface area contributed by atoms with E-state index in [0.29, 0.717) is 17.8 Å². The van der Waals surface area contributed by atoms with E-state index < -0.39 is 5.54 Å². The number of benzene rings is 2. The second kappa shape index (κ2) is 9.24. The van der Waals surface area contributed by atoms with Crippen molar-refractivity contribution in [3.8, 4) is 0 Å². The molecular weight excluding hydrogens is 429 g/mol. The van der Waals surface area contributed by atoms with Gasteiger partial charge in [-0.05, 0) is 38.0 Å². The summed E-state index contributed by atoms with van der Waals surface area (Å²) in [5, 5.41) is 4.24. The van der Waals surface area contributed by atoms with Crippen molar-refractivity contribution < 1.29 is 14.0 Å². The first kappa shape index (κ1) is 22.6. The van der Waals surface area contributed by atoms with Crippen LogP contribution in [0.2, 0.25) is 0 Å². The molecule has 0 saturated heterocycles. The van der Waals surface area contributed by atoms with Crippen LogP contribution in [0, 0.1) is 5.82 Å². The molecule has 1 aliphatic heterocycles. The van der Waals surface area contributed by atoms with Gasteiger partial charge in [-0.3, -0.25) is 9.59 Å². The van der Waals surface area contributed by atoms with Gasteiger partial charge >= 0.3 is 0 Å². The highest BCUT2D eigenvalue weighted by Gasteiger charge is 2.48. The Kier molecular flexibility index (Phi) is 6.15. The standard InChI is InChI=1S/C28H32FN3O2/c1-28(27(34)30-22-13-5-3-2-4-6-14-22)19-31-24-16-10-8-11-20(24)17-25(31)26(33)32(28)18-21-12-7-9-15-23(21)29/h7-12,15-17,22H,2-6,13-14,18-19H2,1H3,(H,30,34). The third-order valence-electron chi connectivity index (χ3n) is 7.55. The smallest absolute Gasteiger partial charge is 0.271 e. The van der Waals surface area contributed by atoms with Gasteiger partial charge in [-0.15, -0.1) is 0 Å². The molecule has 1 unspecified atom stereocenters. The lowest BCUT2D eigenvalue weighted by atomic mass is 9.91. The van der Waals surface area contributed by atoms with Crippen LogP contribution in [0.5, 0.6) is 0 Å². The summed E-state index contributed by atoms with van der Waals surface area (Å²) in [6.45, 7) is 2.19. The van der Waals surface area contributed by atoms with Crippen LogP contribution in [-0.4, -0.2) is 32.9 Å². The Balaban J connectivity index is 1.52. The van der Waals surface area contributed by atoms with Crippen molar-refractivity contribution in [3.63, 3.8) is 0 Å². The fraction of sp³-hybridized carbons (Fsp3) is 0.429. The Hall–Kier alpha value is -3.15. The van der Waals surface area contributed by atoms with Crippen LogP contribution in [-0.2, 0) is 17.9 Å². The molecule has 1 saturated carbocycles. The molecule has 5 rings (SSSR count). The minimum Gasteiger partial charge on any atom is -0.351 e. The SMILES string of the molecule is CC1(C(=O)NC2CCCCCCC2)Cn2c(cc3ccccc32)C(=O)N1Cc1ccccc1F. The van der Waals surface area contributed by atoms with Crippen LogP contribution >= 0.6 is 0 Å². The molecular formula is C28H32FN3O2. The van der Waals surface area contributed by atoms with E-state index in [1.165, 1.54) is 25.3 Å². The molecule has 1 N–H and O–H groups in total. The number of hydrogen-bond donors (Lipinski definition) is 1. The van der Waals surface area contributed by atoms with Crippen molar-refractivity contribution in [1.82, 2.24) is 14.8 Å². The lowest BCUT2D eigenvalue weighted by Gasteiger charge is -2.44. The van der Waals surface area contributed by atoms with Crippen LogP contribution in [0.4, 0.5) is 4.39 Å². The number of halogens is 1. The molecule has 2 aromatic carbocycles. The van der Waals surface area contributed by atoms with Crippen molar-refractivity contribution in [2.75, 3.05) is 0 Å². The largest absolute Gasteiger partial charge is 0.351 e. The minimum atomic E-state index is -1.14. The Morgan fingerprint density at radius 2 is 1.71 bits per heavy atom. The first-order valence-electron chi connectivity index (χ1n) is 12.4. The summed E-state index contributed by atoms with van der Waals surface area (Å²) in [5.74, 6) is -0.781. The Bertz CT molecular complexity index is 1210. The molecule has 5 nitrogen and oxygen atoms in total. The zero-order chi connectivity index (χ0) is 23.7. The lowest BCUT2D eigenvalue weighted by molar-refractivity contribution is -0.134. The Morgan fingerprint density at radius 3 is 2.47 bits per heavy atom. The molecule has 3 aromatic rings. The maximum atomic E-state index is 14.6. The second-order valence-corrected chi connectivity index (χ2v) is 9.95. The number of nitrogens with zero attached hydrogens (tertiary/aromatic N) is 2. The first-order valence-corrected chi connectivity index (χ1v) is 12.4. The molecule has 1 aromatic heterocycles. The van der Waals surface area contributed by atoms with Crippen molar-refractivity contribution in [2.45, 2.75) is 76.5 Å². The number of aromatic nitrogens is 1. The van der Waals surface area contributed by atoms with Gasteiger partial charge in [-0.1, -0.05) is 68.5 Å². The normalized spacial score (nSPS) is 21.7. The molecule has 1 fully saturated rings. The summed E-state index contributed by atoms with van der Waals surface area (Å²) in [6.07, 6.45) is 7.77. The fourth-order valence-corrected chi connectivity index (χ4v) is 5.49. The number of carbonyl (C=O) groups is 2. The van der Waals surface area contributed by atoms with E-state index in [0.717, 1.165) is 36.6 Å². The molecule has 2 heterocycles. The van der Waals surface area contributed by atoms with Gasteiger partial charge in [-0.2, -0.15) is 0 Å². The van der Waals surface area contributed by atoms with E-state index in [2.05, 4.69) is 5.32 Å². The van der Waals surface area contributed by atoms with Crippen LogP contribution in [0.3, 0.4) is 0 Å². The van der Waals surface area contributed by atoms with Crippen LogP contribution in [0.1, 0.15) is 67.9 Å². The van der Waals surface area contributed by atoms with E-state index in [-0.39, 0.29) is 30.2 Å². The molecule has 1 atom stereocenters. The van der Waals surface area contributed by atoms with Crippen LogP contribution in [0.25, 0.3) is 10.9 Å². The van der Waals surface area contributed by atoms with Crippen LogP contribution < -0.4 is 5.32 Å². The molecule has 34 heavy (non-hydrogen) atoms. The molecule has 0 bridgehead atoms. The third kappa shape index (κ3) is 4.10. The molecule has 1 aliphatic carbocycles. The average molecular weight is 462 g/mol. The van der Waals surface area contributed by atoms with Gasteiger partial charge in [0.2, 0.25) is 5.91 Å². The maximum Gasteiger partial charge on any atom is 0.271 e. The number of para-hydroxylation sites is 1. The van der Waals surface area contributed by atoms with Gasteiger partial charge in [0.05, 0.1) is 13.1 Å². The van der Waals surface area contributed by atoms with Gasteiger partial charge in [0, 0.05) is 22.5 Å². The highest BCUT2D eigenvalue weighted by Crippen LogP contribution is 2.34. The third-order valence-corrected chi connectivity index (χ3v) is 7.55. The summed E-state index contributed by atoms with van der Waals surface area (Å²) < 4.78 is 16.6. The molecule has 2 amide bonds.